The number of benzene rings is 1. The van der Waals surface area contributed by atoms with Gasteiger partial charge in [0.15, 0.2) is 11.5 Å². The van der Waals surface area contributed by atoms with Gasteiger partial charge in [0.2, 0.25) is 0 Å². The van der Waals surface area contributed by atoms with Crippen molar-refractivity contribution in [3.63, 3.8) is 0 Å². The van der Waals surface area contributed by atoms with Gasteiger partial charge in [-0.2, -0.15) is 4.52 Å². The normalized spacial score (nSPS) is 13.3. The van der Waals surface area contributed by atoms with E-state index in [0.29, 0.717) is 18.0 Å². The van der Waals surface area contributed by atoms with Gasteiger partial charge in [-0.15, -0.1) is 16.4 Å². The number of aryl methyl sites for hydroxylation is 4. The Hall–Kier alpha value is -3.32. The van der Waals surface area contributed by atoms with E-state index in [1.807, 2.05) is 34.9 Å². The Morgan fingerprint density at radius 1 is 1.03 bits per heavy atom. The molecule has 4 heterocycles. The zero-order valence-corrected chi connectivity index (χ0v) is 17.1. The van der Waals surface area contributed by atoms with E-state index >= 15 is 0 Å². The van der Waals surface area contributed by atoms with Crippen molar-refractivity contribution in [3.05, 3.63) is 81.3 Å². The molecule has 6 rings (SSSR count). The highest BCUT2D eigenvalue weighted by atomic mass is 32.1. The molecule has 0 aliphatic heterocycles. The molecule has 1 aromatic carbocycles. The van der Waals surface area contributed by atoms with Crippen LogP contribution >= 0.6 is 11.3 Å². The van der Waals surface area contributed by atoms with Gasteiger partial charge >= 0.3 is 5.69 Å². The topological polar surface area (TPSA) is 65.1 Å². The molecule has 7 heteroatoms. The van der Waals surface area contributed by atoms with Crippen LogP contribution in [0.3, 0.4) is 0 Å². The monoisotopic (exact) mass is 413 g/mol. The second-order valence-electron chi connectivity index (χ2n) is 7.61. The second kappa shape index (κ2) is 6.88. The minimum absolute atomic E-state index is 0.124. The van der Waals surface area contributed by atoms with Crippen LogP contribution in [0.25, 0.3) is 27.3 Å². The van der Waals surface area contributed by atoms with Gasteiger partial charge in [0.05, 0.1) is 5.39 Å². The lowest BCUT2D eigenvalue weighted by molar-refractivity contribution is 0.654. The standard InChI is InChI=1S/C23H19N5OS/c29-23-27(14-11-15-5-2-1-3-6-15)22-19(17-7-4-8-18(17)30-22)21-25-20(26-28(21)23)16-9-12-24-13-10-16/h1-3,5-6,9-10,12-13H,4,7-8,11,14H2. The molecule has 0 saturated carbocycles. The maximum atomic E-state index is 13.5. The fourth-order valence-electron chi connectivity index (χ4n) is 4.33. The summed E-state index contributed by atoms with van der Waals surface area (Å²) in [7, 11) is 0. The number of hydrogen-bond donors (Lipinski definition) is 0. The van der Waals surface area contributed by atoms with Gasteiger partial charge in [-0.25, -0.2) is 9.78 Å². The maximum absolute atomic E-state index is 13.5. The molecule has 0 unspecified atom stereocenters. The van der Waals surface area contributed by atoms with E-state index in [1.54, 1.807) is 23.7 Å². The summed E-state index contributed by atoms with van der Waals surface area (Å²) in [6, 6.07) is 14.0. The van der Waals surface area contributed by atoms with Crippen molar-refractivity contribution in [2.45, 2.75) is 32.2 Å². The molecule has 0 N–H and O–H groups in total. The Labute approximate surface area is 176 Å². The fraction of sp³-hybridized carbons (Fsp3) is 0.217. The first-order valence-electron chi connectivity index (χ1n) is 10.2. The van der Waals surface area contributed by atoms with Crippen molar-refractivity contribution >= 4 is 27.2 Å². The summed E-state index contributed by atoms with van der Waals surface area (Å²) in [5, 5.41) is 5.71. The van der Waals surface area contributed by atoms with Crippen molar-refractivity contribution in [2.75, 3.05) is 0 Å². The van der Waals surface area contributed by atoms with Gasteiger partial charge in [0, 0.05) is 29.4 Å². The van der Waals surface area contributed by atoms with Crippen LogP contribution in [-0.4, -0.2) is 24.1 Å². The molecular weight excluding hydrogens is 394 g/mol. The fourth-order valence-corrected chi connectivity index (χ4v) is 5.73. The number of thiophene rings is 1. The SMILES string of the molecule is O=c1n(CCc2ccccc2)c2sc3c(c2c2nc(-c4ccncc4)nn12)CCC3. The minimum atomic E-state index is -0.124. The summed E-state index contributed by atoms with van der Waals surface area (Å²) in [5.74, 6) is 0.564. The predicted octanol–water partition coefficient (Wildman–Crippen LogP) is 3.90. The van der Waals surface area contributed by atoms with Crippen LogP contribution in [0.1, 0.15) is 22.4 Å². The third kappa shape index (κ3) is 2.69. The third-order valence-electron chi connectivity index (χ3n) is 5.80. The summed E-state index contributed by atoms with van der Waals surface area (Å²) in [4.78, 5) is 24.7. The molecule has 6 nitrogen and oxygen atoms in total. The van der Waals surface area contributed by atoms with Crippen molar-refractivity contribution in [3.8, 4) is 11.4 Å². The number of hydrogen-bond acceptors (Lipinski definition) is 5. The molecule has 1 aliphatic carbocycles. The summed E-state index contributed by atoms with van der Waals surface area (Å²) in [5.41, 5.74) is 3.99. The van der Waals surface area contributed by atoms with E-state index in [2.05, 4.69) is 22.2 Å². The number of nitrogens with zero attached hydrogens (tertiary/aromatic N) is 5. The molecule has 148 valence electrons. The summed E-state index contributed by atoms with van der Waals surface area (Å²) in [6.45, 7) is 0.624. The molecule has 0 radical (unpaired) electrons. The highest BCUT2D eigenvalue weighted by Gasteiger charge is 2.25. The highest BCUT2D eigenvalue weighted by molar-refractivity contribution is 7.19. The smallest absolute Gasteiger partial charge is 0.283 e. The predicted molar refractivity (Wildman–Crippen MR) is 118 cm³/mol. The Morgan fingerprint density at radius 3 is 2.70 bits per heavy atom. The van der Waals surface area contributed by atoms with E-state index in [0.717, 1.165) is 41.5 Å². The van der Waals surface area contributed by atoms with Crippen molar-refractivity contribution < 1.29 is 0 Å². The van der Waals surface area contributed by atoms with E-state index in [-0.39, 0.29) is 5.69 Å². The number of fused-ring (bicyclic) bond motifs is 5. The van der Waals surface area contributed by atoms with E-state index in [4.69, 9.17) is 4.98 Å². The van der Waals surface area contributed by atoms with Crippen molar-refractivity contribution in [1.82, 2.24) is 24.1 Å². The Bertz CT molecular complexity index is 1430. The van der Waals surface area contributed by atoms with Gasteiger partial charge in [-0.1, -0.05) is 30.3 Å². The van der Waals surface area contributed by atoms with Gasteiger partial charge in [0.1, 0.15) is 4.83 Å². The molecule has 30 heavy (non-hydrogen) atoms. The molecule has 4 aromatic heterocycles. The Balaban J connectivity index is 1.58. The lowest BCUT2D eigenvalue weighted by Gasteiger charge is -2.09. The van der Waals surface area contributed by atoms with E-state index < -0.39 is 0 Å². The first kappa shape index (κ1) is 17.5. The molecule has 0 atom stereocenters. The number of rotatable bonds is 4. The van der Waals surface area contributed by atoms with Crippen LogP contribution in [0, 0.1) is 0 Å². The zero-order valence-electron chi connectivity index (χ0n) is 16.3. The summed E-state index contributed by atoms with van der Waals surface area (Å²) >= 11 is 1.75. The summed E-state index contributed by atoms with van der Waals surface area (Å²) < 4.78 is 3.39. The second-order valence-corrected chi connectivity index (χ2v) is 8.70. The van der Waals surface area contributed by atoms with Crippen LogP contribution in [0.15, 0.2) is 59.7 Å². The molecule has 0 saturated heterocycles. The van der Waals surface area contributed by atoms with Gasteiger partial charge in [0.25, 0.3) is 0 Å². The first-order valence-corrected chi connectivity index (χ1v) is 11.0. The van der Waals surface area contributed by atoms with Crippen LogP contribution in [0.2, 0.25) is 0 Å². The van der Waals surface area contributed by atoms with Crippen LogP contribution in [-0.2, 0) is 25.8 Å². The van der Waals surface area contributed by atoms with Crippen molar-refractivity contribution in [1.29, 1.82) is 0 Å². The summed E-state index contributed by atoms with van der Waals surface area (Å²) in [6.07, 6.45) is 7.53. The Kier molecular flexibility index (Phi) is 4.02. The largest absolute Gasteiger partial charge is 0.351 e. The van der Waals surface area contributed by atoms with E-state index in [9.17, 15) is 4.79 Å². The lowest BCUT2D eigenvalue weighted by Crippen LogP contribution is -2.28. The van der Waals surface area contributed by atoms with Gasteiger partial charge in [-0.05, 0) is 48.9 Å². The van der Waals surface area contributed by atoms with Crippen LogP contribution < -0.4 is 5.69 Å². The molecular formula is C23H19N5OS. The Morgan fingerprint density at radius 2 is 1.87 bits per heavy atom. The molecule has 0 bridgehead atoms. The molecule has 1 aliphatic rings. The molecule has 5 aromatic rings. The van der Waals surface area contributed by atoms with E-state index in [1.165, 1.54) is 20.5 Å². The molecule has 0 fully saturated rings. The van der Waals surface area contributed by atoms with Gasteiger partial charge in [-0.3, -0.25) is 9.55 Å². The molecule has 0 spiro atoms. The minimum Gasteiger partial charge on any atom is -0.283 e. The number of aromatic nitrogens is 5. The van der Waals surface area contributed by atoms with Crippen molar-refractivity contribution in [2.24, 2.45) is 0 Å². The third-order valence-corrected chi connectivity index (χ3v) is 7.11. The lowest BCUT2D eigenvalue weighted by atomic mass is 10.1. The average molecular weight is 414 g/mol. The van der Waals surface area contributed by atoms with Crippen LogP contribution in [0.5, 0.6) is 0 Å². The highest BCUT2D eigenvalue weighted by Crippen LogP contribution is 2.38. The maximum Gasteiger partial charge on any atom is 0.351 e. The van der Waals surface area contributed by atoms with Gasteiger partial charge < -0.3 is 0 Å². The molecule has 0 amide bonds. The van der Waals surface area contributed by atoms with Crippen LogP contribution in [0.4, 0.5) is 0 Å². The first-order chi connectivity index (χ1) is 14.8. The zero-order chi connectivity index (χ0) is 20.1. The average Bonchev–Trinajstić information content (AvgIpc) is 3.49. The number of pyridine rings is 1. The quantitative estimate of drug-likeness (QED) is 0.448.